The molecule has 0 aromatic heterocycles. The van der Waals surface area contributed by atoms with Crippen molar-refractivity contribution in [2.75, 3.05) is 24.7 Å². The van der Waals surface area contributed by atoms with Crippen molar-refractivity contribution in [1.29, 1.82) is 0 Å². The summed E-state index contributed by atoms with van der Waals surface area (Å²) in [5.74, 6) is 2.22. The van der Waals surface area contributed by atoms with E-state index >= 15 is 0 Å². The molecule has 0 radical (unpaired) electrons. The summed E-state index contributed by atoms with van der Waals surface area (Å²) in [6, 6.07) is 9.38. The Labute approximate surface area is 108 Å². The van der Waals surface area contributed by atoms with Crippen LogP contribution in [0.25, 0.3) is 0 Å². The van der Waals surface area contributed by atoms with Crippen LogP contribution in [0.2, 0.25) is 0 Å². The summed E-state index contributed by atoms with van der Waals surface area (Å²) in [7, 11) is 0. The number of hydrogen-bond donors (Lipinski definition) is 2. The zero-order valence-corrected chi connectivity index (χ0v) is 11.0. The molecule has 0 fully saturated rings. The van der Waals surface area contributed by atoms with E-state index in [1.54, 1.807) is 0 Å². The Balaban J connectivity index is 1.60. The monoisotopic (exact) mass is 251 g/mol. The third-order valence-corrected chi connectivity index (χ3v) is 4.25. The van der Waals surface area contributed by atoms with Crippen LogP contribution in [-0.2, 0) is 12.8 Å². The van der Waals surface area contributed by atoms with Crippen LogP contribution in [0.4, 0.5) is 0 Å². The molecule has 1 aromatic rings. The number of hydrogen-bond acceptors (Lipinski definition) is 3. The minimum Gasteiger partial charge on any atom is -0.396 e. The van der Waals surface area contributed by atoms with Gasteiger partial charge in [-0.1, -0.05) is 24.3 Å². The maximum Gasteiger partial charge on any atom is 0.0438 e. The van der Waals surface area contributed by atoms with Crippen molar-refractivity contribution in [3.05, 3.63) is 35.4 Å². The molecule has 1 aliphatic rings. The smallest absolute Gasteiger partial charge is 0.0438 e. The van der Waals surface area contributed by atoms with Gasteiger partial charge in [-0.3, -0.25) is 0 Å². The minimum absolute atomic E-state index is 0.318. The van der Waals surface area contributed by atoms with Crippen molar-refractivity contribution in [2.45, 2.75) is 25.3 Å². The summed E-state index contributed by atoms with van der Waals surface area (Å²) in [5.41, 5.74) is 3.02. The number of nitrogens with one attached hydrogen (secondary N) is 1. The van der Waals surface area contributed by atoms with Crippen LogP contribution >= 0.6 is 11.8 Å². The lowest BCUT2D eigenvalue weighted by atomic mass is 10.1. The average Bonchev–Trinajstić information content (AvgIpc) is 2.76. The first-order chi connectivity index (χ1) is 8.40. The number of benzene rings is 1. The summed E-state index contributed by atoms with van der Waals surface area (Å²) in [6.07, 6.45) is 3.27. The maximum atomic E-state index is 8.67. The molecule has 1 aliphatic carbocycles. The predicted molar refractivity (Wildman–Crippen MR) is 74.7 cm³/mol. The lowest BCUT2D eigenvalue weighted by molar-refractivity contribution is 0.296. The summed E-state index contributed by atoms with van der Waals surface area (Å²) in [5, 5.41) is 12.3. The van der Waals surface area contributed by atoms with Gasteiger partial charge < -0.3 is 10.4 Å². The molecule has 2 rings (SSSR count). The van der Waals surface area contributed by atoms with E-state index in [0.717, 1.165) is 24.5 Å². The van der Waals surface area contributed by atoms with Crippen molar-refractivity contribution in [3.8, 4) is 0 Å². The molecule has 0 saturated heterocycles. The highest BCUT2D eigenvalue weighted by Gasteiger charge is 2.19. The summed E-state index contributed by atoms with van der Waals surface area (Å²) >= 11 is 1.92. The summed E-state index contributed by atoms with van der Waals surface area (Å²) in [4.78, 5) is 0. The van der Waals surface area contributed by atoms with Gasteiger partial charge in [-0.2, -0.15) is 11.8 Å². The van der Waals surface area contributed by atoms with Gasteiger partial charge in [-0.15, -0.1) is 0 Å². The first kappa shape index (κ1) is 12.9. The molecule has 17 heavy (non-hydrogen) atoms. The highest BCUT2D eigenvalue weighted by molar-refractivity contribution is 7.99. The minimum atomic E-state index is 0.318. The summed E-state index contributed by atoms with van der Waals surface area (Å²) in [6.45, 7) is 1.40. The Morgan fingerprint density at radius 2 is 1.88 bits per heavy atom. The molecule has 0 atom stereocenters. The summed E-state index contributed by atoms with van der Waals surface area (Å²) < 4.78 is 0. The van der Waals surface area contributed by atoms with Gasteiger partial charge in [0.05, 0.1) is 0 Å². The van der Waals surface area contributed by atoms with Crippen LogP contribution in [0.1, 0.15) is 17.5 Å². The molecule has 2 nitrogen and oxygen atoms in total. The van der Waals surface area contributed by atoms with Crippen LogP contribution in [0.15, 0.2) is 24.3 Å². The Hall–Kier alpha value is -0.510. The second-order valence-electron chi connectivity index (χ2n) is 4.52. The zero-order valence-electron chi connectivity index (χ0n) is 10.2. The molecular weight excluding hydrogens is 230 g/mol. The molecule has 0 spiro atoms. The van der Waals surface area contributed by atoms with Gasteiger partial charge in [-0.05, 0) is 36.1 Å². The molecule has 2 N–H and O–H groups in total. The second kappa shape index (κ2) is 7.04. The fourth-order valence-electron chi connectivity index (χ4n) is 2.31. The molecular formula is C14H21NOS. The van der Waals surface area contributed by atoms with Gasteiger partial charge >= 0.3 is 0 Å². The molecule has 0 heterocycles. The van der Waals surface area contributed by atoms with Crippen molar-refractivity contribution < 1.29 is 5.11 Å². The van der Waals surface area contributed by atoms with E-state index in [-0.39, 0.29) is 0 Å². The van der Waals surface area contributed by atoms with E-state index in [1.165, 1.54) is 24.0 Å². The molecule has 0 unspecified atom stereocenters. The molecule has 1 aromatic carbocycles. The van der Waals surface area contributed by atoms with Crippen LogP contribution < -0.4 is 5.32 Å². The first-order valence-electron chi connectivity index (χ1n) is 6.39. The van der Waals surface area contributed by atoms with E-state index in [4.69, 9.17) is 5.11 Å². The van der Waals surface area contributed by atoms with Gasteiger partial charge in [-0.25, -0.2) is 0 Å². The van der Waals surface area contributed by atoms with E-state index in [1.807, 2.05) is 11.8 Å². The van der Waals surface area contributed by atoms with E-state index in [0.29, 0.717) is 12.6 Å². The van der Waals surface area contributed by atoms with Crippen molar-refractivity contribution >= 4 is 11.8 Å². The molecule has 3 heteroatoms. The second-order valence-corrected chi connectivity index (χ2v) is 5.74. The van der Waals surface area contributed by atoms with E-state index < -0.39 is 0 Å². The number of aliphatic hydroxyl groups excluding tert-OH is 1. The fourth-order valence-corrected chi connectivity index (χ4v) is 3.11. The molecule has 94 valence electrons. The van der Waals surface area contributed by atoms with Crippen molar-refractivity contribution in [1.82, 2.24) is 5.32 Å². The zero-order chi connectivity index (χ0) is 11.9. The highest BCUT2D eigenvalue weighted by atomic mass is 32.2. The van der Waals surface area contributed by atoms with E-state index in [9.17, 15) is 0 Å². The van der Waals surface area contributed by atoms with Crippen LogP contribution in [0.3, 0.4) is 0 Å². The molecule has 0 amide bonds. The molecule has 0 aliphatic heterocycles. The number of thioether (sulfide) groups is 1. The highest BCUT2D eigenvalue weighted by Crippen LogP contribution is 2.21. The third-order valence-electron chi connectivity index (χ3n) is 3.18. The normalized spacial score (nSPS) is 15.1. The SMILES string of the molecule is OCCCSCCNC1Cc2ccccc2C1. The van der Waals surface area contributed by atoms with Crippen LogP contribution in [0.5, 0.6) is 0 Å². The maximum absolute atomic E-state index is 8.67. The fraction of sp³-hybridized carbons (Fsp3) is 0.571. The average molecular weight is 251 g/mol. The van der Waals surface area contributed by atoms with E-state index in [2.05, 4.69) is 29.6 Å². The van der Waals surface area contributed by atoms with Gasteiger partial charge in [0.2, 0.25) is 0 Å². The van der Waals surface area contributed by atoms with Gasteiger partial charge in [0.25, 0.3) is 0 Å². The van der Waals surface area contributed by atoms with Gasteiger partial charge in [0, 0.05) is 24.9 Å². The quantitative estimate of drug-likeness (QED) is 0.726. The lowest BCUT2D eigenvalue weighted by Gasteiger charge is -2.11. The first-order valence-corrected chi connectivity index (χ1v) is 7.54. The molecule has 0 bridgehead atoms. The van der Waals surface area contributed by atoms with Crippen LogP contribution in [0, 0.1) is 0 Å². The Kier molecular flexibility index (Phi) is 5.36. The number of aliphatic hydroxyl groups is 1. The van der Waals surface area contributed by atoms with Gasteiger partial charge in [0.1, 0.15) is 0 Å². The number of fused-ring (bicyclic) bond motifs is 1. The van der Waals surface area contributed by atoms with Crippen molar-refractivity contribution in [2.24, 2.45) is 0 Å². The largest absolute Gasteiger partial charge is 0.396 e. The van der Waals surface area contributed by atoms with Crippen LogP contribution in [-0.4, -0.2) is 35.8 Å². The predicted octanol–water partition coefficient (Wildman–Crippen LogP) is 1.86. The standard InChI is InChI=1S/C14H21NOS/c16-7-3-8-17-9-6-15-14-10-12-4-1-2-5-13(12)11-14/h1-2,4-5,14-16H,3,6-11H2. The Morgan fingerprint density at radius 3 is 2.53 bits per heavy atom. The topological polar surface area (TPSA) is 32.3 Å². The van der Waals surface area contributed by atoms with Gasteiger partial charge in [0.15, 0.2) is 0 Å². The lowest BCUT2D eigenvalue weighted by Crippen LogP contribution is -2.31. The number of rotatable bonds is 7. The Morgan fingerprint density at radius 1 is 1.18 bits per heavy atom. The molecule has 0 saturated carbocycles. The third kappa shape index (κ3) is 4.02. The Bertz CT molecular complexity index is 318. The van der Waals surface area contributed by atoms with Crippen molar-refractivity contribution in [3.63, 3.8) is 0 Å².